The molecule has 3 aromatic rings. The number of halogens is 2. The van der Waals surface area contributed by atoms with E-state index in [9.17, 15) is 14.4 Å². The maximum absolute atomic E-state index is 13.9. The molecule has 7 heteroatoms. The van der Waals surface area contributed by atoms with Crippen molar-refractivity contribution in [3.05, 3.63) is 99.8 Å². The largest absolute Gasteiger partial charge is 0.493 e. The zero-order valence-corrected chi connectivity index (χ0v) is 19.4. The highest BCUT2D eigenvalue weighted by atomic mass is 35.5. The highest BCUT2D eigenvalue weighted by Gasteiger charge is 2.15. The maximum atomic E-state index is 13.9. The van der Waals surface area contributed by atoms with Gasteiger partial charge in [-0.25, -0.2) is 4.39 Å². The Bertz CT molecular complexity index is 1210. The van der Waals surface area contributed by atoms with Gasteiger partial charge in [0, 0.05) is 12.1 Å². The number of nitriles is 1. The fourth-order valence-corrected chi connectivity index (χ4v) is 3.55. The van der Waals surface area contributed by atoms with E-state index in [0.717, 1.165) is 12.8 Å². The second kappa shape index (κ2) is 12.4. The number of aryl methyl sites for hydroxylation is 1. The number of carbonyl (C=O) groups excluding carboxylic acids is 1. The summed E-state index contributed by atoms with van der Waals surface area (Å²) >= 11 is 6.37. The highest BCUT2D eigenvalue weighted by molar-refractivity contribution is 6.32. The van der Waals surface area contributed by atoms with Crippen molar-refractivity contribution in [1.82, 2.24) is 5.32 Å². The van der Waals surface area contributed by atoms with Gasteiger partial charge in [-0.3, -0.25) is 4.79 Å². The Morgan fingerprint density at radius 1 is 1.15 bits per heavy atom. The van der Waals surface area contributed by atoms with Gasteiger partial charge < -0.3 is 14.8 Å². The Morgan fingerprint density at radius 3 is 2.59 bits per heavy atom. The predicted octanol–water partition coefficient (Wildman–Crippen LogP) is 5.72. The fraction of sp³-hybridized carbons (Fsp3) is 0.185. The second-order valence-corrected chi connectivity index (χ2v) is 7.84. The lowest BCUT2D eigenvalue weighted by molar-refractivity contribution is -0.117. The summed E-state index contributed by atoms with van der Waals surface area (Å²) in [4.78, 5) is 12.5. The monoisotopic (exact) mass is 478 g/mol. The van der Waals surface area contributed by atoms with E-state index in [-0.39, 0.29) is 28.8 Å². The van der Waals surface area contributed by atoms with Gasteiger partial charge in [-0.1, -0.05) is 60.1 Å². The first-order valence-electron chi connectivity index (χ1n) is 10.7. The summed E-state index contributed by atoms with van der Waals surface area (Å²) in [5.74, 6) is -0.305. The molecule has 0 aliphatic heterocycles. The van der Waals surface area contributed by atoms with Gasteiger partial charge in [0.25, 0.3) is 5.91 Å². The molecule has 1 N–H and O–H groups in total. The summed E-state index contributed by atoms with van der Waals surface area (Å²) in [6.07, 6.45) is 3.01. The van der Waals surface area contributed by atoms with Crippen LogP contribution in [-0.4, -0.2) is 19.6 Å². The molecule has 0 spiro atoms. The van der Waals surface area contributed by atoms with Crippen molar-refractivity contribution in [2.75, 3.05) is 13.7 Å². The van der Waals surface area contributed by atoms with E-state index < -0.39 is 5.91 Å². The third kappa shape index (κ3) is 6.84. The Morgan fingerprint density at radius 2 is 1.88 bits per heavy atom. The Labute approximate surface area is 203 Å². The third-order valence-corrected chi connectivity index (χ3v) is 5.31. The van der Waals surface area contributed by atoms with Gasteiger partial charge in [0.15, 0.2) is 11.5 Å². The molecule has 1 amide bonds. The van der Waals surface area contributed by atoms with Crippen LogP contribution in [0.15, 0.2) is 72.3 Å². The predicted molar refractivity (Wildman–Crippen MR) is 130 cm³/mol. The first-order chi connectivity index (χ1) is 16.5. The minimum Gasteiger partial charge on any atom is -0.493 e. The van der Waals surface area contributed by atoms with Crippen LogP contribution < -0.4 is 14.8 Å². The number of nitrogens with one attached hydrogen (secondary N) is 1. The second-order valence-electron chi connectivity index (χ2n) is 7.43. The van der Waals surface area contributed by atoms with Crippen LogP contribution in [0.2, 0.25) is 5.02 Å². The van der Waals surface area contributed by atoms with Gasteiger partial charge in [-0.2, -0.15) is 5.26 Å². The van der Waals surface area contributed by atoms with Crippen molar-refractivity contribution in [1.29, 1.82) is 5.26 Å². The average Bonchev–Trinajstić information content (AvgIpc) is 2.85. The van der Waals surface area contributed by atoms with E-state index in [4.69, 9.17) is 21.1 Å². The van der Waals surface area contributed by atoms with Crippen molar-refractivity contribution >= 4 is 23.6 Å². The summed E-state index contributed by atoms with van der Waals surface area (Å²) < 4.78 is 24.9. The lowest BCUT2D eigenvalue weighted by Gasteiger charge is -2.14. The van der Waals surface area contributed by atoms with E-state index in [1.165, 1.54) is 24.8 Å². The minimum atomic E-state index is -0.467. The maximum Gasteiger partial charge on any atom is 0.261 e. The standard InChI is InChI=1S/C27H24ClFN2O3/c1-33-25-16-20(15-23(28)26(25)34-18-21-11-5-6-12-24(21)29)14-22(17-30)27(32)31-13-7-10-19-8-3-2-4-9-19/h2-6,8-9,11-12,14-16H,7,10,13,18H2,1H3,(H,31,32)/b22-14-. The van der Waals surface area contributed by atoms with Crippen LogP contribution in [0.5, 0.6) is 11.5 Å². The third-order valence-electron chi connectivity index (χ3n) is 5.03. The normalized spacial score (nSPS) is 10.9. The number of benzene rings is 3. The van der Waals surface area contributed by atoms with Crippen LogP contribution in [0.3, 0.4) is 0 Å². The molecule has 0 unspecified atom stereocenters. The first-order valence-corrected chi connectivity index (χ1v) is 11.1. The molecule has 0 radical (unpaired) electrons. The molecule has 34 heavy (non-hydrogen) atoms. The van der Waals surface area contributed by atoms with Gasteiger partial charge in [0.2, 0.25) is 0 Å². The molecule has 3 rings (SSSR count). The van der Waals surface area contributed by atoms with E-state index in [0.29, 0.717) is 23.4 Å². The quantitative estimate of drug-likeness (QED) is 0.230. The topological polar surface area (TPSA) is 71.3 Å². The van der Waals surface area contributed by atoms with Gasteiger partial charge in [-0.05, 0) is 48.2 Å². The van der Waals surface area contributed by atoms with Crippen LogP contribution in [0.25, 0.3) is 6.08 Å². The molecule has 0 bridgehead atoms. The summed E-state index contributed by atoms with van der Waals surface area (Å²) in [5, 5.41) is 12.5. The molecule has 0 aromatic heterocycles. The number of nitrogens with zero attached hydrogens (tertiary/aromatic N) is 1. The molecule has 0 atom stereocenters. The number of hydrogen-bond donors (Lipinski definition) is 1. The van der Waals surface area contributed by atoms with Crippen LogP contribution in [-0.2, 0) is 17.8 Å². The summed E-state index contributed by atoms with van der Waals surface area (Å²) in [6, 6.07) is 21.3. The Kier molecular flexibility index (Phi) is 9.07. The molecule has 0 aliphatic carbocycles. The number of amides is 1. The van der Waals surface area contributed by atoms with Crippen molar-refractivity contribution in [3.63, 3.8) is 0 Å². The van der Waals surface area contributed by atoms with Crippen molar-refractivity contribution in [2.45, 2.75) is 19.4 Å². The number of rotatable bonds is 10. The summed E-state index contributed by atoms with van der Waals surface area (Å²) in [5.41, 5.74) is 2.00. The van der Waals surface area contributed by atoms with Crippen LogP contribution in [0.1, 0.15) is 23.1 Å². The van der Waals surface area contributed by atoms with Gasteiger partial charge in [0.05, 0.1) is 12.1 Å². The van der Waals surface area contributed by atoms with Gasteiger partial charge in [-0.15, -0.1) is 0 Å². The Balaban J connectivity index is 1.66. The van der Waals surface area contributed by atoms with E-state index in [1.807, 2.05) is 36.4 Å². The smallest absolute Gasteiger partial charge is 0.261 e. The number of hydrogen-bond acceptors (Lipinski definition) is 4. The van der Waals surface area contributed by atoms with Crippen molar-refractivity contribution in [3.8, 4) is 17.6 Å². The minimum absolute atomic E-state index is 0.0349. The average molecular weight is 479 g/mol. The molecule has 174 valence electrons. The molecule has 0 saturated heterocycles. The van der Waals surface area contributed by atoms with Gasteiger partial charge in [0.1, 0.15) is 24.1 Å². The van der Waals surface area contributed by atoms with Crippen molar-refractivity contribution < 1.29 is 18.7 Å². The highest BCUT2D eigenvalue weighted by Crippen LogP contribution is 2.37. The lowest BCUT2D eigenvalue weighted by Crippen LogP contribution is -2.25. The van der Waals surface area contributed by atoms with E-state index in [2.05, 4.69) is 5.32 Å². The molecule has 0 saturated carbocycles. The van der Waals surface area contributed by atoms with Crippen LogP contribution >= 0.6 is 11.6 Å². The van der Waals surface area contributed by atoms with Crippen molar-refractivity contribution in [2.24, 2.45) is 0 Å². The summed E-state index contributed by atoms with van der Waals surface area (Å²) in [7, 11) is 1.44. The summed E-state index contributed by atoms with van der Waals surface area (Å²) in [6.45, 7) is 0.409. The van der Waals surface area contributed by atoms with E-state index >= 15 is 0 Å². The fourth-order valence-electron chi connectivity index (χ4n) is 3.28. The number of ether oxygens (including phenoxy) is 2. The van der Waals surface area contributed by atoms with Crippen LogP contribution in [0.4, 0.5) is 4.39 Å². The lowest BCUT2D eigenvalue weighted by atomic mass is 10.1. The van der Waals surface area contributed by atoms with E-state index in [1.54, 1.807) is 30.3 Å². The molecule has 3 aromatic carbocycles. The molecule has 5 nitrogen and oxygen atoms in total. The first kappa shape index (κ1) is 24.8. The Hall–Kier alpha value is -3.82. The SMILES string of the molecule is COc1cc(/C=C(/C#N)C(=O)NCCCc2ccccc2)cc(Cl)c1OCc1ccccc1F. The molecular formula is C27H24ClFN2O3. The molecule has 0 aliphatic rings. The zero-order valence-electron chi connectivity index (χ0n) is 18.7. The molecule has 0 heterocycles. The zero-order chi connectivity index (χ0) is 24.3. The number of methoxy groups -OCH3 is 1. The van der Waals surface area contributed by atoms with Crippen LogP contribution in [0, 0.1) is 17.1 Å². The van der Waals surface area contributed by atoms with Gasteiger partial charge >= 0.3 is 0 Å². The molecular weight excluding hydrogens is 455 g/mol. The molecule has 0 fully saturated rings. The number of carbonyl (C=O) groups is 1.